The molecule has 0 bridgehead atoms. The Bertz CT molecular complexity index is 1020. The SMILES string of the molecule is CCc1ccc([C@@H]2Nn3c(CC)nnc3S[C@H]2C(=O)Nc2cccc(Cl)c2)cc1. The van der Waals surface area contributed by atoms with E-state index in [1.807, 2.05) is 23.7 Å². The van der Waals surface area contributed by atoms with Gasteiger partial charge in [0.2, 0.25) is 11.1 Å². The first-order chi connectivity index (χ1) is 14.1. The van der Waals surface area contributed by atoms with Crippen LogP contribution in [0.3, 0.4) is 0 Å². The van der Waals surface area contributed by atoms with E-state index in [4.69, 9.17) is 11.6 Å². The number of aryl methyl sites for hydroxylation is 2. The zero-order valence-corrected chi connectivity index (χ0v) is 17.8. The van der Waals surface area contributed by atoms with Gasteiger partial charge in [0.25, 0.3) is 0 Å². The molecule has 8 heteroatoms. The van der Waals surface area contributed by atoms with Crippen LogP contribution in [-0.2, 0) is 17.6 Å². The van der Waals surface area contributed by atoms with Crippen molar-refractivity contribution in [1.29, 1.82) is 0 Å². The van der Waals surface area contributed by atoms with E-state index in [0.717, 1.165) is 24.2 Å². The summed E-state index contributed by atoms with van der Waals surface area (Å²) in [4.78, 5) is 13.2. The number of hydrogen-bond donors (Lipinski definition) is 2. The van der Waals surface area contributed by atoms with Crippen molar-refractivity contribution in [3.8, 4) is 0 Å². The summed E-state index contributed by atoms with van der Waals surface area (Å²) in [5.74, 6) is 0.734. The molecule has 2 N–H and O–H groups in total. The number of halogens is 1. The Labute approximate surface area is 179 Å². The molecule has 1 aliphatic rings. The highest BCUT2D eigenvalue weighted by Crippen LogP contribution is 2.37. The monoisotopic (exact) mass is 427 g/mol. The van der Waals surface area contributed by atoms with Crippen LogP contribution in [0.15, 0.2) is 53.7 Å². The van der Waals surface area contributed by atoms with Gasteiger partial charge in [0.1, 0.15) is 5.25 Å². The van der Waals surface area contributed by atoms with Gasteiger partial charge in [-0.2, -0.15) is 0 Å². The summed E-state index contributed by atoms with van der Waals surface area (Å²) in [6, 6.07) is 15.3. The van der Waals surface area contributed by atoms with Crippen molar-refractivity contribution in [3.05, 3.63) is 70.5 Å². The van der Waals surface area contributed by atoms with Crippen molar-refractivity contribution in [2.75, 3.05) is 10.7 Å². The van der Waals surface area contributed by atoms with Crippen LogP contribution < -0.4 is 10.7 Å². The molecule has 0 aliphatic carbocycles. The summed E-state index contributed by atoms with van der Waals surface area (Å²) in [6.07, 6.45) is 1.73. The number of thioether (sulfide) groups is 1. The Kier molecular flexibility index (Phi) is 5.78. The second-order valence-electron chi connectivity index (χ2n) is 6.83. The lowest BCUT2D eigenvalue weighted by atomic mass is 10.0. The number of carbonyl (C=O) groups is 1. The molecule has 29 heavy (non-hydrogen) atoms. The number of fused-ring (bicyclic) bond motifs is 1. The molecule has 3 aromatic rings. The van der Waals surface area contributed by atoms with Gasteiger partial charge in [-0.15, -0.1) is 10.2 Å². The van der Waals surface area contributed by atoms with Gasteiger partial charge >= 0.3 is 0 Å². The van der Waals surface area contributed by atoms with Crippen LogP contribution in [0.5, 0.6) is 0 Å². The summed E-state index contributed by atoms with van der Waals surface area (Å²) in [6.45, 7) is 4.16. The molecule has 0 spiro atoms. The number of nitrogens with zero attached hydrogens (tertiary/aromatic N) is 3. The number of aromatic nitrogens is 3. The first-order valence-corrected chi connectivity index (χ1v) is 10.9. The van der Waals surface area contributed by atoms with E-state index >= 15 is 0 Å². The van der Waals surface area contributed by atoms with E-state index in [1.54, 1.807) is 12.1 Å². The fourth-order valence-electron chi connectivity index (χ4n) is 3.32. The van der Waals surface area contributed by atoms with Crippen molar-refractivity contribution in [3.63, 3.8) is 0 Å². The lowest BCUT2D eigenvalue weighted by Gasteiger charge is -2.33. The van der Waals surface area contributed by atoms with Gasteiger partial charge in [0, 0.05) is 17.1 Å². The number of amides is 1. The molecule has 0 unspecified atom stereocenters. The Morgan fingerprint density at radius 2 is 1.97 bits per heavy atom. The van der Waals surface area contributed by atoms with Crippen molar-refractivity contribution in [2.45, 2.75) is 43.1 Å². The summed E-state index contributed by atoms with van der Waals surface area (Å²) in [5, 5.41) is 12.3. The molecule has 0 radical (unpaired) electrons. The predicted octanol–water partition coefficient (Wildman–Crippen LogP) is 4.45. The Morgan fingerprint density at radius 3 is 2.66 bits per heavy atom. The van der Waals surface area contributed by atoms with Crippen molar-refractivity contribution in [2.24, 2.45) is 0 Å². The van der Waals surface area contributed by atoms with Crippen molar-refractivity contribution < 1.29 is 4.79 Å². The molecule has 1 aliphatic heterocycles. The molecular weight excluding hydrogens is 406 g/mol. The van der Waals surface area contributed by atoms with Crippen LogP contribution in [0.2, 0.25) is 5.02 Å². The summed E-state index contributed by atoms with van der Waals surface area (Å²) < 4.78 is 1.90. The molecule has 1 amide bonds. The smallest absolute Gasteiger partial charge is 0.240 e. The zero-order chi connectivity index (χ0) is 20.4. The quantitative estimate of drug-likeness (QED) is 0.629. The second kappa shape index (κ2) is 8.47. The molecule has 0 saturated heterocycles. The molecule has 4 rings (SSSR count). The highest BCUT2D eigenvalue weighted by Gasteiger charge is 2.37. The lowest BCUT2D eigenvalue weighted by Crippen LogP contribution is -2.41. The van der Waals surface area contributed by atoms with Gasteiger partial charge in [0.15, 0.2) is 5.82 Å². The minimum absolute atomic E-state index is 0.110. The summed E-state index contributed by atoms with van der Waals surface area (Å²) >= 11 is 7.48. The maximum absolute atomic E-state index is 13.2. The number of hydrogen-bond acceptors (Lipinski definition) is 5. The third-order valence-corrected chi connectivity index (χ3v) is 6.37. The minimum atomic E-state index is -0.414. The van der Waals surface area contributed by atoms with Gasteiger partial charge in [-0.1, -0.05) is 67.5 Å². The third-order valence-electron chi connectivity index (χ3n) is 4.92. The Balaban J connectivity index is 1.66. The number of benzene rings is 2. The Morgan fingerprint density at radius 1 is 1.17 bits per heavy atom. The molecule has 0 fully saturated rings. The largest absolute Gasteiger partial charge is 0.325 e. The molecule has 2 heterocycles. The molecule has 2 aromatic carbocycles. The van der Waals surface area contributed by atoms with Gasteiger partial charge < -0.3 is 10.7 Å². The first kappa shape index (κ1) is 19.8. The molecule has 1 aromatic heterocycles. The molecule has 6 nitrogen and oxygen atoms in total. The standard InChI is InChI=1S/C21H22ClN5OS/c1-3-13-8-10-14(11-9-13)18-19(20(28)23-16-7-5-6-15(22)12-16)29-21-25-24-17(4-2)27(21)26-18/h5-12,18-19,26H,3-4H2,1-2H3,(H,23,28)/t18-,19+/m0/s1. The van der Waals surface area contributed by atoms with Gasteiger partial charge in [-0.05, 0) is 35.7 Å². The third kappa shape index (κ3) is 4.11. The fourth-order valence-corrected chi connectivity index (χ4v) is 4.61. The van der Waals surface area contributed by atoms with E-state index in [0.29, 0.717) is 15.9 Å². The molecule has 2 atom stereocenters. The van der Waals surface area contributed by atoms with E-state index < -0.39 is 5.25 Å². The van der Waals surface area contributed by atoms with Crippen molar-refractivity contribution in [1.82, 2.24) is 14.9 Å². The Hall–Kier alpha value is -2.51. The second-order valence-corrected chi connectivity index (χ2v) is 8.37. The summed E-state index contributed by atoms with van der Waals surface area (Å²) in [7, 11) is 0. The van der Waals surface area contributed by atoms with Crippen LogP contribution >= 0.6 is 23.4 Å². The number of rotatable bonds is 5. The number of anilines is 1. The molecular formula is C21H22ClN5OS. The highest BCUT2D eigenvalue weighted by atomic mass is 35.5. The van der Waals surface area contributed by atoms with Crippen LogP contribution in [0.4, 0.5) is 5.69 Å². The van der Waals surface area contributed by atoms with E-state index in [2.05, 4.69) is 52.1 Å². The van der Waals surface area contributed by atoms with E-state index in [1.165, 1.54) is 17.3 Å². The fraction of sp³-hybridized carbons (Fsp3) is 0.286. The van der Waals surface area contributed by atoms with Crippen LogP contribution in [0.25, 0.3) is 0 Å². The summed E-state index contributed by atoms with van der Waals surface area (Å²) in [5.41, 5.74) is 6.44. The van der Waals surface area contributed by atoms with Gasteiger partial charge in [-0.25, -0.2) is 4.68 Å². The average molecular weight is 428 g/mol. The van der Waals surface area contributed by atoms with E-state index in [9.17, 15) is 4.79 Å². The van der Waals surface area contributed by atoms with Crippen LogP contribution in [0, 0.1) is 0 Å². The van der Waals surface area contributed by atoms with Crippen LogP contribution in [0.1, 0.15) is 36.8 Å². The normalized spacial score (nSPS) is 18.0. The van der Waals surface area contributed by atoms with E-state index in [-0.39, 0.29) is 11.9 Å². The predicted molar refractivity (Wildman–Crippen MR) is 117 cm³/mol. The van der Waals surface area contributed by atoms with Crippen LogP contribution in [-0.4, -0.2) is 26.0 Å². The zero-order valence-electron chi connectivity index (χ0n) is 16.2. The maximum Gasteiger partial charge on any atom is 0.240 e. The lowest BCUT2D eigenvalue weighted by molar-refractivity contribution is -0.116. The minimum Gasteiger partial charge on any atom is -0.325 e. The molecule has 150 valence electrons. The van der Waals surface area contributed by atoms with Gasteiger partial charge in [0.05, 0.1) is 6.04 Å². The highest BCUT2D eigenvalue weighted by molar-refractivity contribution is 8.00. The van der Waals surface area contributed by atoms with Gasteiger partial charge in [-0.3, -0.25) is 4.79 Å². The van der Waals surface area contributed by atoms with Crippen molar-refractivity contribution >= 4 is 35.0 Å². The molecule has 0 saturated carbocycles. The number of nitrogens with one attached hydrogen (secondary N) is 2. The topological polar surface area (TPSA) is 71.8 Å². The number of carbonyl (C=O) groups excluding carboxylic acids is 1. The first-order valence-electron chi connectivity index (χ1n) is 9.61. The maximum atomic E-state index is 13.2. The average Bonchev–Trinajstić information content (AvgIpc) is 3.15.